The molecule has 0 saturated heterocycles. The second kappa shape index (κ2) is 7.66. The fraction of sp³-hybridized carbons (Fsp3) is 0.462. The molecule has 1 rings (SSSR count). The highest BCUT2D eigenvalue weighted by molar-refractivity contribution is 5.66. The third-order valence-corrected chi connectivity index (χ3v) is 2.55. The molecule has 0 aromatic heterocycles. The largest absolute Gasteiger partial charge is 0.494 e. The van der Waals surface area contributed by atoms with Crippen molar-refractivity contribution in [3.8, 4) is 5.75 Å². The molecule has 2 N–H and O–H groups in total. The van der Waals surface area contributed by atoms with E-state index in [-0.39, 0.29) is 18.0 Å². The van der Waals surface area contributed by atoms with Crippen LogP contribution in [-0.2, 0) is 11.2 Å². The van der Waals surface area contributed by atoms with Crippen LogP contribution in [0.4, 0.5) is 4.39 Å². The zero-order valence-electron chi connectivity index (χ0n) is 10.4. The van der Waals surface area contributed by atoms with Gasteiger partial charge < -0.3 is 15.2 Å². The number of nitrogens with one attached hydrogen (secondary N) is 1. The molecule has 0 aliphatic rings. The number of ether oxygens (including phenoxy) is 1. The number of halogens is 1. The van der Waals surface area contributed by atoms with Gasteiger partial charge in [-0.25, -0.2) is 4.39 Å². The Morgan fingerprint density at radius 3 is 2.83 bits per heavy atom. The number of benzene rings is 1. The molecular weight excluding hydrogens is 237 g/mol. The molecule has 0 radical (unpaired) electrons. The van der Waals surface area contributed by atoms with Gasteiger partial charge in [-0.2, -0.15) is 0 Å². The van der Waals surface area contributed by atoms with Crippen molar-refractivity contribution in [2.45, 2.75) is 19.3 Å². The number of rotatable bonds is 8. The molecule has 18 heavy (non-hydrogen) atoms. The first-order chi connectivity index (χ1) is 8.63. The van der Waals surface area contributed by atoms with Gasteiger partial charge in [-0.05, 0) is 43.6 Å². The van der Waals surface area contributed by atoms with Crippen molar-refractivity contribution in [3.63, 3.8) is 0 Å². The molecule has 0 aliphatic carbocycles. The molecule has 100 valence electrons. The molecular formula is C13H18FNO3. The van der Waals surface area contributed by atoms with Crippen LogP contribution in [0.1, 0.15) is 18.4 Å². The third-order valence-electron chi connectivity index (χ3n) is 2.55. The van der Waals surface area contributed by atoms with E-state index in [0.717, 1.165) is 5.56 Å². The Hall–Kier alpha value is -1.62. The van der Waals surface area contributed by atoms with Gasteiger partial charge in [0.2, 0.25) is 0 Å². The van der Waals surface area contributed by atoms with Crippen LogP contribution in [0, 0.1) is 5.82 Å². The first-order valence-electron chi connectivity index (χ1n) is 5.88. The molecule has 0 atom stereocenters. The fourth-order valence-corrected chi connectivity index (χ4v) is 1.59. The van der Waals surface area contributed by atoms with Crippen LogP contribution in [0.25, 0.3) is 0 Å². The van der Waals surface area contributed by atoms with E-state index in [1.54, 1.807) is 6.07 Å². The summed E-state index contributed by atoms with van der Waals surface area (Å²) in [6, 6.07) is 4.88. The molecule has 4 nitrogen and oxygen atoms in total. The Morgan fingerprint density at radius 1 is 1.44 bits per heavy atom. The molecule has 1 aromatic carbocycles. The minimum Gasteiger partial charge on any atom is -0.494 e. The van der Waals surface area contributed by atoms with E-state index in [1.165, 1.54) is 13.2 Å². The van der Waals surface area contributed by atoms with Crippen molar-refractivity contribution in [2.24, 2.45) is 0 Å². The van der Waals surface area contributed by atoms with Crippen molar-refractivity contribution in [1.82, 2.24) is 5.32 Å². The highest BCUT2D eigenvalue weighted by Gasteiger charge is 2.03. The Bertz CT molecular complexity index is 396. The average Bonchev–Trinajstić information content (AvgIpc) is 2.33. The second-order valence-corrected chi connectivity index (χ2v) is 3.97. The first-order valence-corrected chi connectivity index (χ1v) is 5.88. The molecule has 1 aromatic rings. The molecule has 0 heterocycles. The minimum atomic E-state index is -0.783. The van der Waals surface area contributed by atoms with Gasteiger partial charge in [-0.15, -0.1) is 0 Å². The monoisotopic (exact) mass is 255 g/mol. The number of methoxy groups -OCH3 is 1. The van der Waals surface area contributed by atoms with E-state index in [4.69, 9.17) is 9.84 Å². The van der Waals surface area contributed by atoms with E-state index >= 15 is 0 Å². The minimum absolute atomic E-state index is 0.171. The summed E-state index contributed by atoms with van der Waals surface area (Å²) in [7, 11) is 1.43. The molecule has 0 aliphatic heterocycles. The fourth-order valence-electron chi connectivity index (χ4n) is 1.59. The summed E-state index contributed by atoms with van der Waals surface area (Å²) in [5.74, 6) is -0.900. The lowest BCUT2D eigenvalue weighted by atomic mass is 10.1. The topological polar surface area (TPSA) is 58.6 Å². The first kappa shape index (κ1) is 14.4. The van der Waals surface area contributed by atoms with Crippen LogP contribution in [0.15, 0.2) is 18.2 Å². The second-order valence-electron chi connectivity index (χ2n) is 3.97. The van der Waals surface area contributed by atoms with Crippen molar-refractivity contribution >= 4 is 5.97 Å². The normalized spacial score (nSPS) is 10.3. The summed E-state index contributed by atoms with van der Waals surface area (Å²) in [4.78, 5) is 10.3. The Labute approximate surface area is 106 Å². The number of hydrogen-bond acceptors (Lipinski definition) is 3. The van der Waals surface area contributed by atoms with Crippen LogP contribution >= 0.6 is 0 Å². The third kappa shape index (κ3) is 5.14. The van der Waals surface area contributed by atoms with Crippen molar-refractivity contribution in [2.75, 3.05) is 20.2 Å². The highest BCUT2D eigenvalue weighted by Crippen LogP contribution is 2.17. The van der Waals surface area contributed by atoms with E-state index in [2.05, 4.69) is 5.32 Å². The van der Waals surface area contributed by atoms with E-state index in [0.29, 0.717) is 25.9 Å². The van der Waals surface area contributed by atoms with Gasteiger partial charge in [0.15, 0.2) is 11.6 Å². The maximum atomic E-state index is 13.4. The maximum absolute atomic E-state index is 13.4. The molecule has 0 amide bonds. The van der Waals surface area contributed by atoms with Crippen LogP contribution in [0.5, 0.6) is 5.75 Å². The lowest BCUT2D eigenvalue weighted by Crippen LogP contribution is -2.19. The quantitative estimate of drug-likeness (QED) is 0.696. The summed E-state index contributed by atoms with van der Waals surface area (Å²) in [6.45, 7) is 1.36. The van der Waals surface area contributed by atoms with Gasteiger partial charge >= 0.3 is 5.97 Å². The lowest BCUT2D eigenvalue weighted by Gasteiger charge is -2.06. The van der Waals surface area contributed by atoms with E-state index in [9.17, 15) is 9.18 Å². The Morgan fingerprint density at radius 2 is 2.22 bits per heavy atom. The summed E-state index contributed by atoms with van der Waals surface area (Å²) >= 11 is 0. The summed E-state index contributed by atoms with van der Waals surface area (Å²) in [6.07, 6.45) is 1.48. The van der Waals surface area contributed by atoms with Crippen molar-refractivity contribution < 1.29 is 19.0 Å². The zero-order chi connectivity index (χ0) is 13.4. The predicted molar refractivity (Wildman–Crippen MR) is 66.4 cm³/mol. The van der Waals surface area contributed by atoms with Crippen molar-refractivity contribution in [3.05, 3.63) is 29.6 Å². The molecule has 0 saturated carbocycles. The standard InChI is InChI=1S/C13H18FNO3/c1-18-12-5-4-10(9-11(12)14)6-8-15-7-2-3-13(16)17/h4-5,9,15H,2-3,6-8H2,1H3,(H,16,17). The van der Waals surface area contributed by atoms with Gasteiger partial charge in [0.25, 0.3) is 0 Å². The van der Waals surface area contributed by atoms with E-state index < -0.39 is 5.97 Å². The van der Waals surface area contributed by atoms with Crippen molar-refractivity contribution in [1.29, 1.82) is 0 Å². The number of aliphatic carboxylic acids is 1. The predicted octanol–water partition coefficient (Wildman–Crippen LogP) is 1.83. The van der Waals surface area contributed by atoms with Crippen LogP contribution in [-0.4, -0.2) is 31.3 Å². The SMILES string of the molecule is COc1ccc(CCNCCCC(=O)O)cc1F. The summed E-state index contributed by atoms with van der Waals surface area (Å²) < 4.78 is 18.2. The van der Waals surface area contributed by atoms with Gasteiger partial charge in [0, 0.05) is 6.42 Å². The van der Waals surface area contributed by atoms with Gasteiger partial charge in [0.05, 0.1) is 7.11 Å². The summed E-state index contributed by atoms with van der Waals surface area (Å²) in [5, 5.41) is 11.6. The number of carboxylic acids is 1. The molecule has 0 bridgehead atoms. The molecule has 0 fully saturated rings. The molecule has 0 spiro atoms. The number of hydrogen-bond donors (Lipinski definition) is 2. The Kier molecular flexibility index (Phi) is 6.14. The van der Waals surface area contributed by atoms with Crippen LogP contribution in [0.2, 0.25) is 0 Å². The van der Waals surface area contributed by atoms with Crippen LogP contribution < -0.4 is 10.1 Å². The molecule has 5 heteroatoms. The number of carboxylic acid groups (broad SMARTS) is 1. The van der Waals surface area contributed by atoms with Gasteiger partial charge in [0.1, 0.15) is 0 Å². The zero-order valence-corrected chi connectivity index (χ0v) is 10.4. The van der Waals surface area contributed by atoms with E-state index in [1.807, 2.05) is 6.07 Å². The highest BCUT2D eigenvalue weighted by atomic mass is 19.1. The average molecular weight is 255 g/mol. The number of carbonyl (C=O) groups is 1. The lowest BCUT2D eigenvalue weighted by molar-refractivity contribution is -0.137. The Balaban J connectivity index is 2.23. The van der Waals surface area contributed by atoms with Crippen LogP contribution in [0.3, 0.4) is 0 Å². The molecule has 0 unspecified atom stereocenters. The summed E-state index contributed by atoms with van der Waals surface area (Å²) in [5.41, 5.74) is 0.888. The van der Waals surface area contributed by atoms with Gasteiger partial charge in [-0.1, -0.05) is 6.07 Å². The smallest absolute Gasteiger partial charge is 0.303 e. The van der Waals surface area contributed by atoms with Gasteiger partial charge in [-0.3, -0.25) is 4.79 Å². The maximum Gasteiger partial charge on any atom is 0.303 e.